The molecule has 1 aromatic carbocycles. The first-order valence-electron chi connectivity index (χ1n) is 12.2. The maximum Gasteiger partial charge on any atom is 0.251 e. The van der Waals surface area contributed by atoms with Gasteiger partial charge in [-0.15, -0.1) is 11.3 Å². The monoisotopic (exact) mass is 471 g/mol. The molecule has 180 valence electrons. The Labute approximate surface area is 201 Å². The van der Waals surface area contributed by atoms with Gasteiger partial charge in [0.1, 0.15) is 18.0 Å². The van der Waals surface area contributed by atoms with Gasteiger partial charge in [-0.2, -0.15) is 0 Å². The molecule has 0 bridgehead atoms. The number of hydrogen-bond acceptors (Lipinski definition) is 6. The second kappa shape index (κ2) is 11.0. The highest BCUT2D eigenvalue weighted by molar-refractivity contribution is 7.10. The smallest absolute Gasteiger partial charge is 0.251 e. The van der Waals surface area contributed by atoms with Crippen LogP contribution in [0.1, 0.15) is 49.7 Å². The number of rotatable bonds is 9. The minimum atomic E-state index is -0.334. The number of nitrogens with zero attached hydrogens (tertiary/aromatic N) is 2. The van der Waals surface area contributed by atoms with Gasteiger partial charge < -0.3 is 25.0 Å². The summed E-state index contributed by atoms with van der Waals surface area (Å²) in [5, 5.41) is 2.09. The van der Waals surface area contributed by atoms with Gasteiger partial charge in [-0.3, -0.25) is 4.79 Å². The molecule has 2 aromatic rings. The van der Waals surface area contributed by atoms with E-state index in [-0.39, 0.29) is 23.7 Å². The second-order valence-electron chi connectivity index (χ2n) is 9.19. The molecule has 33 heavy (non-hydrogen) atoms. The normalized spacial score (nSPS) is 22.0. The van der Waals surface area contributed by atoms with Crippen LogP contribution in [-0.4, -0.2) is 66.7 Å². The first kappa shape index (κ1) is 24.2. The summed E-state index contributed by atoms with van der Waals surface area (Å²) < 4.78 is 12.7. The molecular formula is C26H37N3O3S. The molecule has 0 saturated carbocycles. The highest BCUT2D eigenvalue weighted by atomic mass is 32.1. The van der Waals surface area contributed by atoms with E-state index < -0.39 is 0 Å². The molecule has 1 spiro atoms. The van der Waals surface area contributed by atoms with Crippen molar-refractivity contribution in [3.63, 3.8) is 0 Å². The topological polar surface area (TPSA) is 68.0 Å². The van der Waals surface area contributed by atoms with Crippen LogP contribution in [-0.2, 0) is 16.0 Å². The Hall–Kier alpha value is -1.93. The zero-order chi connectivity index (χ0) is 23.3. The van der Waals surface area contributed by atoms with E-state index >= 15 is 0 Å². The summed E-state index contributed by atoms with van der Waals surface area (Å²) >= 11 is 1.72. The van der Waals surface area contributed by atoms with Crippen molar-refractivity contribution < 1.29 is 14.3 Å². The average Bonchev–Trinajstić information content (AvgIpc) is 3.37. The first-order valence-corrected chi connectivity index (χ1v) is 13.1. The summed E-state index contributed by atoms with van der Waals surface area (Å²) in [5.74, 6) is 1.08. The highest BCUT2D eigenvalue weighted by Crippen LogP contribution is 2.34. The quantitative estimate of drug-likeness (QED) is 0.602. The molecule has 1 aromatic heterocycles. The van der Waals surface area contributed by atoms with E-state index in [1.165, 1.54) is 10.4 Å². The average molecular weight is 472 g/mol. The van der Waals surface area contributed by atoms with Crippen LogP contribution in [0.15, 0.2) is 41.8 Å². The summed E-state index contributed by atoms with van der Waals surface area (Å²) in [6.07, 6.45) is 3.35. The number of thiophene rings is 1. The van der Waals surface area contributed by atoms with Crippen LogP contribution in [0, 0.1) is 0 Å². The maximum absolute atomic E-state index is 12.3. The third kappa shape index (κ3) is 5.77. The fourth-order valence-corrected chi connectivity index (χ4v) is 5.80. The largest absolute Gasteiger partial charge is 0.485 e. The Kier molecular flexibility index (Phi) is 8.07. The van der Waals surface area contributed by atoms with Crippen LogP contribution in [0.25, 0.3) is 0 Å². The minimum absolute atomic E-state index is 0.000608. The summed E-state index contributed by atoms with van der Waals surface area (Å²) in [5.41, 5.74) is 6.92. The van der Waals surface area contributed by atoms with E-state index in [4.69, 9.17) is 15.2 Å². The molecule has 2 saturated heterocycles. The SMILES string of the molecule is CCN1CC2(CCN(CCc3ccccc3O[C@H](CCN)c3cccs3)CC2)O[C@H](C)C1=O. The van der Waals surface area contributed by atoms with Crippen molar-refractivity contribution in [3.8, 4) is 5.75 Å². The predicted molar refractivity (Wildman–Crippen MR) is 133 cm³/mol. The van der Waals surface area contributed by atoms with Crippen LogP contribution in [0.2, 0.25) is 0 Å². The number of morpholine rings is 1. The molecule has 0 radical (unpaired) electrons. The van der Waals surface area contributed by atoms with E-state index in [0.717, 1.165) is 64.2 Å². The summed E-state index contributed by atoms with van der Waals surface area (Å²) in [6.45, 7) is 9.00. The third-order valence-corrected chi connectivity index (χ3v) is 7.91. The van der Waals surface area contributed by atoms with E-state index in [2.05, 4.69) is 47.5 Å². The number of likely N-dealkylation sites (tertiary alicyclic amines) is 1. The van der Waals surface area contributed by atoms with Gasteiger partial charge in [-0.05, 0) is 62.7 Å². The van der Waals surface area contributed by atoms with Gasteiger partial charge in [0.15, 0.2) is 0 Å². The van der Waals surface area contributed by atoms with Crippen LogP contribution in [0.3, 0.4) is 0 Å². The molecule has 2 fully saturated rings. The minimum Gasteiger partial charge on any atom is -0.485 e. The van der Waals surface area contributed by atoms with Crippen molar-refractivity contribution in [2.45, 2.75) is 57.3 Å². The van der Waals surface area contributed by atoms with Crippen molar-refractivity contribution in [2.75, 3.05) is 39.3 Å². The van der Waals surface area contributed by atoms with Gasteiger partial charge in [0.05, 0.1) is 5.60 Å². The van der Waals surface area contributed by atoms with Gasteiger partial charge in [0.2, 0.25) is 0 Å². The van der Waals surface area contributed by atoms with Gasteiger partial charge in [0.25, 0.3) is 5.91 Å². The molecule has 2 atom stereocenters. The second-order valence-corrected chi connectivity index (χ2v) is 10.2. The Morgan fingerprint density at radius 3 is 2.73 bits per heavy atom. The molecule has 7 heteroatoms. The van der Waals surface area contributed by atoms with Crippen LogP contribution >= 0.6 is 11.3 Å². The highest BCUT2D eigenvalue weighted by Gasteiger charge is 2.44. The lowest BCUT2D eigenvalue weighted by Crippen LogP contribution is -2.61. The number of carbonyl (C=O) groups excluding carboxylic acids is 1. The van der Waals surface area contributed by atoms with Crippen molar-refractivity contribution >= 4 is 17.2 Å². The fraction of sp³-hybridized carbons (Fsp3) is 0.577. The standard InChI is InChI=1S/C26H37N3O3S/c1-3-29-19-26(32-20(2)25(29)30)12-16-28(17-13-26)15-11-21-7-4-5-8-22(21)31-23(10-14-27)24-9-6-18-33-24/h4-9,18,20,23H,3,10-17,19,27H2,1-2H3/t20-,23-/m1/s1. The molecule has 2 N–H and O–H groups in total. The number of hydrogen-bond donors (Lipinski definition) is 1. The van der Waals surface area contributed by atoms with Crippen LogP contribution in [0.5, 0.6) is 5.75 Å². The summed E-state index contributed by atoms with van der Waals surface area (Å²) in [4.78, 5) is 18.0. The lowest BCUT2D eigenvalue weighted by Gasteiger charge is -2.49. The molecular weight excluding hydrogens is 434 g/mol. The number of para-hydroxylation sites is 1. The number of likely N-dealkylation sites (N-methyl/N-ethyl adjacent to an activating group) is 1. The maximum atomic E-state index is 12.3. The van der Waals surface area contributed by atoms with Gasteiger partial charge in [0, 0.05) is 44.0 Å². The number of benzene rings is 1. The lowest BCUT2D eigenvalue weighted by atomic mass is 9.88. The van der Waals surface area contributed by atoms with E-state index in [1.807, 2.05) is 17.9 Å². The number of nitrogens with two attached hydrogens (primary N) is 1. The number of carbonyl (C=O) groups is 1. The van der Waals surface area contributed by atoms with E-state index in [1.54, 1.807) is 11.3 Å². The van der Waals surface area contributed by atoms with Crippen molar-refractivity contribution in [1.29, 1.82) is 0 Å². The molecule has 0 unspecified atom stereocenters. The Morgan fingerprint density at radius 2 is 2.03 bits per heavy atom. The fourth-order valence-electron chi connectivity index (χ4n) is 5.02. The molecule has 0 aliphatic carbocycles. The van der Waals surface area contributed by atoms with Crippen molar-refractivity contribution in [3.05, 3.63) is 52.2 Å². The third-order valence-electron chi connectivity index (χ3n) is 6.94. The van der Waals surface area contributed by atoms with Crippen LogP contribution < -0.4 is 10.5 Å². The van der Waals surface area contributed by atoms with Gasteiger partial charge in [-0.1, -0.05) is 24.3 Å². The molecule has 2 aliphatic rings. The molecule has 6 nitrogen and oxygen atoms in total. The Balaban J connectivity index is 1.34. The Bertz CT molecular complexity index is 896. The molecule has 3 heterocycles. The number of ether oxygens (including phenoxy) is 2. The summed E-state index contributed by atoms with van der Waals surface area (Å²) in [7, 11) is 0. The van der Waals surface area contributed by atoms with Crippen molar-refractivity contribution in [1.82, 2.24) is 9.80 Å². The zero-order valence-electron chi connectivity index (χ0n) is 19.9. The molecule has 2 aliphatic heterocycles. The van der Waals surface area contributed by atoms with E-state index in [9.17, 15) is 4.79 Å². The Morgan fingerprint density at radius 1 is 1.24 bits per heavy atom. The van der Waals surface area contributed by atoms with Gasteiger partial charge >= 0.3 is 0 Å². The van der Waals surface area contributed by atoms with Crippen molar-refractivity contribution in [2.24, 2.45) is 5.73 Å². The van der Waals surface area contributed by atoms with Gasteiger partial charge in [-0.25, -0.2) is 0 Å². The first-order chi connectivity index (χ1) is 16.0. The van der Waals surface area contributed by atoms with Crippen LogP contribution in [0.4, 0.5) is 0 Å². The number of piperidine rings is 1. The number of amides is 1. The predicted octanol–water partition coefficient (Wildman–Crippen LogP) is 3.86. The molecule has 4 rings (SSSR count). The molecule has 1 amide bonds. The zero-order valence-corrected chi connectivity index (χ0v) is 20.7. The van der Waals surface area contributed by atoms with E-state index in [0.29, 0.717) is 6.54 Å². The summed E-state index contributed by atoms with van der Waals surface area (Å²) in [6, 6.07) is 12.6. The lowest BCUT2D eigenvalue weighted by molar-refractivity contribution is -0.189.